The third-order valence-electron chi connectivity index (χ3n) is 10.5. The zero-order chi connectivity index (χ0) is 52.4. The second kappa shape index (κ2) is 20.3. The van der Waals surface area contributed by atoms with Crippen LogP contribution in [0.3, 0.4) is 0 Å². The van der Waals surface area contributed by atoms with Crippen LogP contribution < -0.4 is 33.7 Å². The van der Waals surface area contributed by atoms with Crippen molar-refractivity contribution in [1.29, 1.82) is 0 Å². The van der Waals surface area contributed by atoms with Crippen LogP contribution in [0.25, 0.3) is 67.7 Å². The lowest BCUT2D eigenvalue weighted by atomic mass is 10.2. The molecular weight excluding hydrogens is 1010 g/mol. The van der Waals surface area contributed by atoms with Gasteiger partial charge < -0.3 is 15.0 Å². The summed E-state index contributed by atoms with van der Waals surface area (Å²) in [5.74, 6) is 0.900. The van der Waals surface area contributed by atoms with Crippen molar-refractivity contribution in [2.24, 2.45) is 0 Å². The van der Waals surface area contributed by atoms with Gasteiger partial charge in [-0.1, -0.05) is 20.8 Å². The number of fused-ring (bicyclic) bond motifs is 3. The van der Waals surface area contributed by atoms with E-state index in [0.29, 0.717) is 73.1 Å². The van der Waals surface area contributed by atoms with Crippen LogP contribution in [0.4, 0.5) is 0 Å². The Labute approximate surface area is 403 Å². The molecule has 0 radical (unpaired) electrons. The molecule has 0 atom stereocenters. The number of imidazole rings is 3. The van der Waals surface area contributed by atoms with Crippen molar-refractivity contribution in [1.82, 2.24) is 58.6 Å². The summed E-state index contributed by atoms with van der Waals surface area (Å²) in [6, 6.07) is 15.9. The average molecular weight is 1050 g/mol. The second-order valence-corrected chi connectivity index (χ2v) is 19.9. The molecular formula is C42H42N12O15S3. The molecule has 72 heavy (non-hydrogen) atoms. The molecule has 0 bridgehead atoms. The van der Waals surface area contributed by atoms with Gasteiger partial charge in [0, 0.05) is 36.3 Å². The van der Waals surface area contributed by atoms with Crippen molar-refractivity contribution in [3.8, 4) is 34.2 Å². The molecule has 6 aromatic heterocycles. The van der Waals surface area contributed by atoms with E-state index in [0.717, 1.165) is 13.7 Å². The van der Waals surface area contributed by atoms with Crippen molar-refractivity contribution in [2.75, 3.05) is 0 Å². The van der Waals surface area contributed by atoms with Crippen molar-refractivity contribution in [3.63, 3.8) is 0 Å². The van der Waals surface area contributed by atoms with E-state index in [2.05, 4.69) is 44.9 Å². The molecule has 0 spiro atoms. The fraction of sp³-hybridized carbons (Fsp3) is 0.214. The summed E-state index contributed by atoms with van der Waals surface area (Å²) in [7, 11) is -12.8. The lowest BCUT2D eigenvalue weighted by Crippen LogP contribution is -2.34. The van der Waals surface area contributed by atoms with Crippen LogP contribution in [-0.4, -0.2) is 97.5 Å². The normalized spacial score (nSPS) is 11.9. The first kappa shape index (κ1) is 51.7. The molecule has 9 rings (SSSR count). The molecule has 27 nitrogen and oxygen atoms in total. The van der Waals surface area contributed by atoms with E-state index >= 15 is 0 Å². The number of nitrogens with zero attached hydrogens (tertiary/aromatic N) is 6. The molecule has 0 saturated heterocycles. The highest BCUT2D eigenvalue weighted by molar-refractivity contribution is 7.86. The monoisotopic (exact) mass is 1050 g/mol. The molecule has 0 aliphatic carbocycles. The van der Waals surface area contributed by atoms with E-state index in [1.807, 2.05) is 20.8 Å². The Morgan fingerprint density at radius 1 is 0.389 bits per heavy atom. The van der Waals surface area contributed by atoms with E-state index in [1.165, 1.54) is 72.8 Å². The maximum absolute atomic E-state index is 12.3. The van der Waals surface area contributed by atoms with Gasteiger partial charge in [0.05, 0.1) is 14.7 Å². The van der Waals surface area contributed by atoms with Crippen LogP contribution in [0.5, 0.6) is 0 Å². The molecule has 378 valence electrons. The third kappa shape index (κ3) is 10.9. The number of hydrogen-bond donors (Lipinski definition) is 9. The van der Waals surface area contributed by atoms with E-state index in [4.69, 9.17) is 13.7 Å². The highest BCUT2D eigenvalue weighted by Gasteiger charge is 2.18. The highest BCUT2D eigenvalue weighted by atomic mass is 32.2. The summed E-state index contributed by atoms with van der Waals surface area (Å²) in [6.07, 6.45) is 1.89. The molecule has 9 aromatic rings. The molecule has 0 amide bonds. The number of rotatable bonds is 12. The smallest absolute Gasteiger partial charge is 0.330 e. The summed E-state index contributed by atoms with van der Waals surface area (Å²) in [5, 5.41) is 0. The van der Waals surface area contributed by atoms with Crippen LogP contribution in [0.1, 0.15) is 40.0 Å². The molecule has 0 aliphatic rings. The average Bonchev–Trinajstić information content (AvgIpc) is 4.08. The number of aromatic amines is 6. The van der Waals surface area contributed by atoms with Gasteiger partial charge >= 0.3 is 17.1 Å². The van der Waals surface area contributed by atoms with Gasteiger partial charge in [-0.15, -0.1) is 0 Å². The van der Waals surface area contributed by atoms with Crippen molar-refractivity contribution in [3.05, 3.63) is 135 Å². The van der Waals surface area contributed by atoms with Gasteiger partial charge in [-0.05, 0) is 92.1 Å². The maximum Gasteiger partial charge on any atom is 0.330 e. The standard InChI is InChI=1S/3C14H14N4O5S/c3*1-2-7-18-13(19)10-12(17-14(18)20)16-11(15-10)8-3-5-9(6-4-8)24(21,22)23/h3*3-6H,2,7H2,1H3,(H,15,16)(H,17,20)(H,21,22,23). The van der Waals surface area contributed by atoms with E-state index < -0.39 is 64.1 Å². The molecule has 3 aromatic carbocycles. The zero-order valence-corrected chi connectivity index (χ0v) is 40.3. The second-order valence-electron chi connectivity index (χ2n) is 15.6. The highest BCUT2D eigenvalue weighted by Crippen LogP contribution is 2.23. The largest absolute Gasteiger partial charge is 0.332 e. The predicted octanol–water partition coefficient (Wildman–Crippen LogP) is 2.21. The molecule has 0 saturated carbocycles. The summed E-state index contributed by atoms with van der Waals surface area (Å²) in [5.41, 5.74) is -0.619. The number of hydrogen-bond acceptors (Lipinski definition) is 15. The molecule has 0 fully saturated rings. The van der Waals surface area contributed by atoms with Crippen LogP contribution in [-0.2, 0) is 50.0 Å². The molecule has 0 unspecified atom stereocenters. The van der Waals surface area contributed by atoms with Crippen LogP contribution >= 0.6 is 0 Å². The van der Waals surface area contributed by atoms with Crippen LogP contribution in [0.15, 0.2) is 116 Å². The number of H-pyrrole nitrogens is 6. The SMILES string of the molecule is CCCn1c(=O)[nH]c2nc(-c3ccc(S(=O)(=O)O)cc3)[nH]c2c1=O.CCCn1c(=O)[nH]c2nc(-c3ccc(S(=O)(=O)O)cc3)[nH]c2c1=O.CCCn1c(=O)[nH]c2nc(-c3ccc(S(=O)(=O)O)cc3)[nH]c2c1=O. The first-order valence-corrected chi connectivity index (χ1v) is 25.7. The van der Waals surface area contributed by atoms with E-state index in [9.17, 15) is 54.0 Å². The minimum absolute atomic E-state index is 0.131. The van der Waals surface area contributed by atoms with Crippen molar-refractivity contribution >= 4 is 63.8 Å². The summed E-state index contributed by atoms with van der Waals surface area (Å²) >= 11 is 0. The minimum Gasteiger partial charge on any atom is -0.332 e. The maximum atomic E-state index is 12.3. The van der Waals surface area contributed by atoms with Gasteiger partial charge in [0.2, 0.25) is 0 Å². The van der Waals surface area contributed by atoms with Gasteiger partial charge in [-0.2, -0.15) is 25.3 Å². The first-order valence-electron chi connectivity index (χ1n) is 21.4. The Morgan fingerprint density at radius 3 is 0.806 bits per heavy atom. The van der Waals surface area contributed by atoms with Crippen molar-refractivity contribution in [2.45, 2.75) is 74.4 Å². The Hall–Kier alpha value is -8.16. The molecule has 30 heteroatoms. The summed E-state index contributed by atoms with van der Waals surface area (Å²) in [4.78, 5) is 101. The predicted molar refractivity (Wildman–Crippen MR) is 260 cm³/mol. The molecule has 6 heterocycles. The van der Waals surface area contributed by atoms with Gasteiger partial charge in [0.15, 0.2) is 16.9 Å². The Morgan fingerprint density at radius 2 is 0.611 bits per heavy atom. The lowest BCUT2D eigenvalue weighted by Gasteiger charge is -2.00. The van der Waals surface area contributed by atoms with Gasteiger partial charge in [-0.25, -0.2) is 29.3 Å². The number of aromatic nitrogens is 12. The van der Waals surface area contributed by atoms with E-state index in [1.54, 1.807) is 0 Å². The van der Waals surface area contributed by atoms with Gasteiger partial charge in [0.25, 0.3) is 47.0 Å². The number of nitrogens with one attached hydrogen (secondary N) is 6. The Balaban J connectivity index is 0.000000158. The quantitative estimate of drug-likeness (QED) is 0.0792. The van der Waals surface area contributed by atoms with Crippen molar-refractivity contribution < 1.29 is 38.9 Å². The topological polar surface area (TPSA) is 414 Å². The molecule has 9 N–H and O–H groups in total. The fourth-order valence-corrected chi connectivity index (χ4v) is 8.53. The summed E-state index contributed by atoms with van der Waals surface area (Å²) in [6.45, 7) is 6.44. The molecule has 0 aliphatic heterocycles. The fourth-order valence-electron chi connectivity index (χ4n) is 7.09. The first-order chi connectivity index (χ1) is 33.9. The Kier molecular flexibility index (Phi) is 14.6. The minimum atomic E-state index is -4.28. The van der Waals surface area contributed by atoms with Gasteiger partial charge in [-0.3, -0.25) is 56.7 Å². The zero-order valence-electron chi connectivity index (χ0n) is 37.8. The van der Waals surface area contributed by atoms with Crippen LogP contribution in [0.2, 0.25) is 0 Å². The number of benzene rings is 3. The van der Waals surface area contributed by atoms with Gasteiger partial charge in [0.1, 0.15) is 34.0 Å². The third-order valence-corrected chi connectivity index (χ3v) is 13.1. The lowest BCUT2D eigenvalue weighted by molar-refractivity contribution is 0.481. The Bertz CT molecular complexity index is 3800. The summed E-state index contributed by atoms with van der Waals surface area (Å²) < 4.78 is 96.5. The van der Waals surface area contributed by atoms with Crippen LogP contribution in [0, 0.1) is 0 Å². The van der Waals surface area contributed by atoms with E-state index in [-0.39, 0.29) is 48.2 Å².